The van der Waals surface area contributed by atoms with Gasteiger partial charge in [0.1, 0.15) is 0 Å². The second-order valence-electron chi connectivity index (χ2n) is 41.1. The molecule has 0 saturated heterocycles. The van der Waals surface area contributed by atoms with Gasteiger partial charge in [-0.2, -0.15) is 0 Å². The molecule has 80 heavy (non-hydrogen) atoms. The minimum atomic E-state index is -1.97. The lowest BCUT2D eigenvalue weighted by Gasteiger charge is -2.60. The normalized spacial score (nSPS) is 16.8. The van der Waals surface area contributed by atoms with E-state index in [1.165, 1.54) is 12.3 Å². The lowest BCUT2D eigenvalue weighted by Crippen LogP contribution is -2.74. The summed E-state index contributed by atoms with van der Waals surface area (Å²) in [5.41, 5.74) is 11.3. The molecular weight excluding hydrogens is 1220 g/mol. The molecule has 0 nitrogen and oxygen atoms in total. The van der Waals surface area contributed by atoms with Crippen molar-refractivity contribution in [1.82, 2.24) is 0 Å². The van der Waals surface area contributed by atoms with Gasteiger partial charge in [-0.25, -0.2) is 0 Å². The van der Waals surface area contributed by atoms with Gasteiger partial charge in [0.25, 0.3) is 0 Å². The molecular formula is C64H143P2Si14-. The average Bonchev–Trinajstić information content (AvgIpc) is 3.05. The maximum Gasteiger partial charge on any atom is 0.0499 e. The maximum absolute atomic E-state index is 5.39. The Morgan fingerprint density at radius 3 is 0.562 bits per heavy atom. The highest BCUT2D eigenvalue weighted by atomic mass is 31.1. The quantitative estimate of drug-likeness (QED) is 0.0528. The van der Waals surface area contributed by atoms with Gasteiger partial charge in [-0.15, -0.1) is 0 Å². The van der Waals surface area contributed by atoms with Crippen LogP contribution in [0.25, 0.3) is 0 Å². The predicted octanol–water partition coefficient (Wildman–Crippen LogP) is 22.7. The number of hydrogen-bond acceptors (Lipinski definition) is 0. The molecule has 466 valence electrons. The molecule has 0 aliphatic rings. The molecule has 16 heteroatoms. The van der Waals surface area contributed by atoms with Crippen molar-refractivity contribution in [3.05, 3.63) is 64.2 Å². The summed E-state index contributed by atoms with van der Waals surface area (Å²) < 4.78 is 0.668. The minimum Gasteiger partial charge on any atom is -0.342 e. The maximum atomic E-state index is 5.39. The first-order valence-electron chi connectivity index (χ1n) is 32.1. The molecule has 0 aromatic heterocycles. The van der Waals surface area contributed by atoms with Crippen molar-refractivity contribution in [2.75, 3.05) is 25.7 Å². The Balaban J connectivity index is 3.76. The number of benzene rings is 2. The smallest absolute Gasteiger partial charge is 0.0499 e. The van der Waals surface area contributed by atoms with Gasteiger partial charge in [0, 0.05) is 105 Å². The fourth-order valence-electron chi connectivity index (χ4n) is 22.2. The molecule has 2 aromatic rings. The molecule has 0 amide bonds. The van der Waals surface area contributed by atoms with Crippen molar-refractivity contribution in [2.24, 2.45) is 0 Å². The third kappa shape index (κ3) is 16.1. The SMILES string of the molecule is [CH2-][Si](C)(C)C(c1cc(C([Si](C)(C)C)([Si](C)(C)C)[Si](C)(C)C)cc(C([Si](C)(C)C)[Si](C)(C)C)c1P(C)CCP(C)c1c(C([Si](C)(C)C)[Si](C)(C)C)cc(C([Si](C)(C)C)([Si](C)(C)C)[Si](C)(C)C)cc1C([Si](C)(C)C)[Si](C)(C)C)[Si](C)(C)C. The van der Waals surface area contributed by atoms with Gasteiger partial charge in [-0.3, -0.25) is 0 Å². The summed E-state index contributed by atoms with van der Waals surface area (Å²) in [6, 6.07) is 12.3. The molecule has 0 N–H and O–H groups in total. The van der Waals surface area contributed by atoms with Gasteiger partial charge < -0.3 is 6.55 Å². The average molecular weight is 1370 g/mol. The molecule has 0 saturated carbocycles. The lowest BCUT2D eigenvalue weighted by atomic mass is 10.1. The lowest BCUT2D eigenvalue weighted by molar-refractivity contribution is 0.994. The third-order valence-corrected chi connectivity index (χ3v) is 103. The van der Waals surface area contributed by atoms with E-state index in [-0.39, 0.29) is 0 Å². The topological polar surface area (TPSA) is 0 Å². The molecule has 0 heterocycles. The van der Waals surface area contributed by atoms with Gasteiger partial charge in [-0.05, 0) is 93.7 Å². The van der Waals surface area contributed by atoms with Crippen LogP contribution in [0.3, 0.4) is 0 Å². The second-order valence-corrected chi connectivity index (χ2v) is 124. The third-order valence-electron chi connectivity index (χ3n) is 19.6. The highest BCUT2D eigenvalue weighted by molar-refractivity contribution is 7.69. The number of rotatable bonds is 25. The molecule has 0 fully saturated rings. The zero-order chi connectivity index (χ0) is 64.3. The highest BCUT2D eigenvalue weighted by Crippen LogP contribution is 2.57. The molecule has 3 atom stereocenters. The second kappa shape index (κ2) is 24.5. The Morgan fingerprint density at radius 1 is 0.287 bits per heavy atom. The first kappa shape index (κ1) is 78.4. The van der Waals surface area contributed by atoms with Crippen LogP contribution in [0.1, 0.15) is 54.0 Å². The molecule has 0 aliphatic heterocycles. The van der Waals surface area contributed by atoms with Crippen molar-refractivity contribution in [3.8, 4) is 0 Å². The fraction of sp³-hybridized carbons (Fsp3) is 0.797. The summed E-state index contributed by atoms with van der Waals surface area (Å²) in [7, 11) is -25.9. The van der Waals surface area contributed by atoms with Crippen molar-refractivity contribution < 1.29 is 0 Å². The van der Waals surface area contributed by atoms with E-state index in [9.17, 15) is 0 Å². The van der Waals surface area contributed by atoms with Crippen molar-refractivity contribution in [2.45, 2.75) is 298 Å². The largest absolute Gasteiger partial charge is 0.342 e. The van der Waals surface area contributed by atoms with E-state index in [1.54, 1.807) is 0 Å². The molecule has 0 bridgehead atoms. The van der Waals surface area contributed by atoms with E-state index < -0.39 is 129 Å². The molecule has 2 rings (SSSR count). The van der Waals surface area contributed by atoms with Crippen LogP contribution in [0.4, 0.5) is 0 Å². The van der Waals surface area contributed by atoms with Gasteiger partial charge >= 0.3 is 0 Å². The van der Waals surface area contributed by atoms with Gasteiger partial charge in [0.05, 0.1) is 0 Å². The Kier molecular flexibility index (Phi) is 24.0. The van der Waals surface area contributed by atoms with E-state index in [0.29, 0.717) is 18.9 Å². The molecule has 0 radical (unpaired) electrons. The van der Waals surface area contributed by atoms with E-state index in [2.05, 4.69) is 306 Å². The zero-order valence-corrected chi connectivity index (χ0v) is 78.4. The highest BCUT2D eigenvalue weighted by Gasteiger charge is 2.63. The monoisotopic (exact) mass is 1370 g/mol. The molecule has 3 unspecified atom stereocenters. The molecule has 2 aromatic carbocycles. The van der Waals surface area contributed by atoms with Crippen LogP contribution in [-0.2, 0) is 8.57 Å². The summed E-state index contributed by atoms with van der Waals surface area (Å²) >= 11 is 0. The summed E-state index contributed by atoms with van der Waals surface area (Å²) in [5, 5.41) is 6.61. The van der Waals surface area contributed by atoms with Crippen LogP contribution in [0.5, 0.6) is 0 Å². The predicted molar refractivity (Wildman–Crippen MR) is 428 cm³/mol. The summed E-state index contributed by atoms with van der Waals surface area (Å²) in [6.07, 6.45) is 2.70. The van der Waals surface area contributed by atoms with Crippen LogP contribution >= 0.6 is 15.8 Å². The van der Waals surface area contributed by atoms with E-state index in [4.69, 9.17) is 6.55 Å². The van der Waals surface area contributed by atoms with E-state index >= 15 is 0 Å². The van der Waals surface area contributed by atoms with Gasteiger partial charge in [-0.1, -0.05) is 322 Å². The number of hydrogen-bond donors (Lipinski definition) is 0. The molecule has 0 aliphatic carbocycles. The Hall–Kier alpha value is 2.34. The van der Waals surface area contributed by atoms with E-state index in [0.717, 1.165) is 10.3 Å². The summed E-state index contributed by atoms with van der Waals surface area (Å²) in [6.45, 7) is 125. The van der Waals surface area contributed by atoms with Crippen LogP contribution in [0.15, 0.2) is 24.3 Å². The van der Waals surface area contributed by atoms with E-state index in [1.807, 2.05) is 44.0 Å². The van der Waals surface area contributed by atoms with Crippen LogP contribution < -0.4 is 10.6 Å². The Morgan fingerprint density at radius 2 is 0.438 bits per heavy atom. The summed E-state index contributed by atoms with van der Waals surface area (Å²) in [4.78, 5) is 0. The van der Waals surface area contributed by atoms with Gasteiger partial charge in [0.2, 0.25) is 0 Å². The van der Waals surface area contributed by atoms with Crippen molar-refractivity contribution >= 4 is 139 Å². The minimum absolute atomic E-state index is 0.326. The first-order valence-corrected chi connectivity index (χ1v) is 85.4. The van der Waals surface area contributed by atoms with Gasteiger partial charge in [0.15, 0.2) is 0 Å². The summed E-state index contributed by atoms with van der Waals surface area (Å²) in [5.74, 6) is 0. The molecule has 0 spiro atoms. The van der Waals surface area contributed by atoms with Crippen LogP contribution in [-0.4, -0.2) is 139 Å². The van der Waals surface area contributed by atoms with Crippen molar-refractivity contribution in [3.63, 3.8) is 0 Å². The van der Waals surface area contributed by atoms with Crippen LogP contribution in [0, 0.1) is 6.55 Å². The standard InChI is InChI=1S/C64H143P2Si14/c1-65(57-53(59(67(3,4)5)68(6,7)8)47-51(48-54(57)60(69(9,10)11)70(12,13)14)63(75(27,28)29,76(30,31)32)77(33,34)35)45-46-66(2)58-55(61(71(15,16)17)72(18,19)20)49-52(50-56(58)62(73(21,22)23)74(24,25)26)64(78(36,37)38,79(39,40)41)80(42,43)44/h47-50,59-62H,3,45-46H2,1-2,4-44H3/q-1. The van der Waals surface area contributed by atoms with Crippen molar-refractivity contribution in [1.29, 1.82) is 0 Å². The zero-order valence-electron chi connectivity index (χ0n) is 62.6. The Labute approximate surface area is 522 Å². The fourth-order valence-corrected chi connectivity index (χ4v) is 138. The first-order chi connectivity index (χ1) is 34.5. The Bertz CT molecular complexity index is 2030. The van der Waals surface area contributed by atoms with Crippen LogP contribution in [0.2, 0.25) is 268 Å².